The van der Waals surface area contributed by atoms with Crippen LogP contribution in [0.3, 0.4) is 0 Å². The van der Waals surface area contributed by atoms with E-state index in [4.69, 9.17) is 9.47 Å². The average molecular weight is 385 g/mol. The predicted molar refractivity (Wildman–Crippen MR) is 114 cm³/mol. The minimum Gasteiger partial charge on any atom is -0.477 e. The Kier molecular flexibility index (Phi) is 5.73. The van der Waals surface area contributed by atoms with E-state index in [1.54, 1.807) is 0 Å². The molecular formula is C24H23N3O2. The number of pyridine rings is 1. The maximum Gasteiger partial charge on any atom is 0.232 e. The van der Waals surface area contributed by atoms with Crippen molar-refractivity contribution in [1.29, 1.82) is 5.26 Å². The maximum atomic E-state index is 9.82. The highest BCUT2D eigenvalue weighted by molar-refractivity contribution is 5.78. The van der Waals surface area contributed by atoms with Crippen molar-refractivity contribution >= 4 is 5.69 Å². The van der Waals surface area contributed by atoms with Gasteiger partial charge in [-0.3, -0.25) is 0 Å². The molecule has 0 amide bonds. The van der Waals surface area contributed by atoms with Crippen molar-refractivity contribution in [3.05, 3.63) is 66.2 Å². The van der Waals surface area contributed by atoms with Gasteiger partial charge in [0.05, 0.1) is 25.5 Å². The van der Waals surface area contributed by atoms with Crippen LogP contribution in [0.2, 0.25) is 0 Å². The third-order valence-electron chi connectivity index (χ3n) is 5.00. The number of rotatable bonds is 5. The molecule has 0 atom stereocenters. The lowest BCUT2D eigenvalue weighted by Gasteiger charge is -2.29. The van der Waals surface area contributed by atoms with Gasteiger partial charge in [0.1, 0.15) is 11.6 Å². The van der Waals surface area contributed by atoms with Crippen molar-refractivity contribution in [2.75, 3.05) is 37.8 Å². The fraction of sp³-hybridized carbons (Fsp3) is 0.250. The molecule has 29 heavy (non-hydrogen) atoms. The van der Waals surface area contributed by atoms with Crippen LogP contribution in [0.1, 0.15) is 12.5 Å². The fourth-order valence-corrected chi connectivity index (χ4v) is 3.53. The summed E-state index contributed by atoms with van der Waals surface area (Å²) in [5.41, 5.74) is 5.21. The van der Waals surface area contributed by atoms with Crippen LogP contribution >= 0.6 is 0 Å². The number of aromatic nitrogens is 1. The Balaban J connectivity index is 1.77. The minimum absolute atomic E-state index is 0.378. The monoisotopic (exact) mass is 385 g/mol. The van der Waals surface area contributed by atoms with Gasteiger partial charge in [-0.1, -0.05) is 42.5 Å². The fourth-order valence-electron chi connectivity index (χ4n) is 3.53. The van der Waals surface area contributed by atoms with Gasteiger partial charge in [0, 0.05) is 29.9 Å². The van der Waals surface area contributed by atoms with Gasteiger partial charge in [0.25, 0.3) is 0 Å². The largest absolute Gasteiger partial charge is 0.477 e. The highest BCUT2D eigenvalue weighted by Crippen LogP contribution is 2.34. The Morgan fingerprint density at radius 2 is 1.76 bits per heavy atom. The summed E-state index contributed by atoms with van der Waals surface area (Å²) in [6.07, 6.45) is 0. The quantitative estimate of drug-likeness (QED) is 0.646. The lowest BCUT2D eigenvalue weighted by Crippen LogP contribution is -2.36. The summed E-state index contributed by atoms with van der Waals surface area (Å²) in [4.78, 5) is 6.93. The standard InChI is InChI=1S/C24H23N3O2/c1-2-29-24-22(17-25)21(16-23(26-24)19-6-4-3-5-7-19)18-8-10-20(11-9-18)27-12-14-28-15-13-27/h3-11,16H,2,12-15H2,1H3. The molecule has 4 rings (SSSR count). The lowest BCUT2D eigenvalue weighted by atomic mass is 9.98. The summed E-state index contributed by atoms with van der Waals surface area (Å²) < 4.78 is 11.2. The summed E-state index contributed by atoms with van der Waals surface area (Å²) in [5, 5.41) is 9.82. The van der Waals surface area contributed by atoms with Crippen molar-refractivity contribution < 1.29 is 9.47 Å². The van der Waals surface area contributed by atoms with Gasteiger partial charge < -0.3 is 14.4 Å². The molecular weight excluding hydrogens is 362 g/mol. The van der Waals surface area contributed by atoms with Crippen molar-refractivity contribution in [2.24, 2.45) is 0 Å². The molecule has 5 nitrogen and oxygen atoms in total. The van der Waals surface area contributed by atoms with Crippen LogP contribution < -0.4 is 9.64 Å². The second kappa shape index (κ2) is 8.76. The third kappa shape index (κ3) is 4.08. The molecule has 0 N–H and O–H groups in total. The van der Waals surface area contributed by atoms with Crippen molar-refractivity contribution in [3.63, 3.8) is 0 Å². The first kappa shape index (κ1) is 19.0. The molecule has 146 valence electrons. The molecule has 2 aromatic carbocycles. The first-order valence-electron chi connectivity index (χ1n) is 9.86. The van der Waals surface area contributed by atoms with E-state index in [-0.39, 0.29) is 0 Å². The Bertz CT molecular complexity index is 1000. The number of ether oxygens (including phenoxy) is 2. The highest BCUT2D eigenvalue weighted by atomic mass is 16.5. The Morgan fingerprint density at radius 1 is 1.03 bits per heavy atom. The molecule has 3 aromatic rings. The zero-order valence-corrected chi connectivity index (χ0v) is 16.5. The number of hydrogen-bond donors (Lipinski definition) is 0. The van der Waals surface area contributed by atoms with E-state index < -0.39 is 0 Å². The van der Waals surface area contributed by atoms with Gasteiger partial charge in [0.15, 0.2) is 0 Å². The average Bonchev–Trinajstić information content (AvgIpc) is 2.80. The van der Waals surface area contributed by atoms with Crippen LogP contribution in [0, 0.1) is 11.3 Å². The summed E-state index contributed by atoms with van der Waals surface area (Å²) in [6.45, 7) is 5.64. The molecule has 0 spiro atoms. The summed E-state index contributed by atoms with van der Waals surface area (Å²) in [7, 11) is 0. The van der Waals surface area contributed by atoms with Crippen LogP contribution in [0.15, 0.2) is 60.7 Å². The first-order chi connectivity index (χ1) is 14.3. The Hall–Kier alpha value is -3.36. The normalized spacial score (nSPS) is 13.7. The van der Waals surface area contributed by atoms with Crippen LogP contribution in [0.5, 0.6) is 5.88 Å². The second-order valence-corrected chi connectivity index (χ2v) is 6.79. The number of nitriles is 1. The molecule has 2 heterocycles. The van der Waals surface area contributed by atoms with E-state index in [0.29, 0.717) is 18.1 Å². The molecule has 0 radical (unpaired) electrons. The van der Waals surface area contributed by atoms with Crippen LogP contribution in [0.25, 0.3) is 22.4 Å². The third-order valence-corrected chi connectivity index (χ3v) is 5.00. The Morgan fingerprint density at radius 3 is 2.41 bits per heavy atom. The van der Waals surface area contributed by atoms with E-state index in [1.807, 2.05) is 43.3 Å². The molecule has 1 aromatic heterocycles. The molecule has 5 heteroatoms. The molecule has 1 fully saturated rings. The summed E-state index contributed by atoms with van der Waals surface area (Å²) >= 11 is 0. The molecule has 0 saturated carbocycles. The topological polar surface area (TPSA) is 58.4 Å². The molecule has 1 aliphatic rings. The van der Waals surface area contributed by atoms with Gasteiger partial charge in [-0.05, 0) is 30.7 Å². The summed E-state index contributed by atoms with van der Waals surface area (Å²) in [6, 6.07) is 22.5. The minimum atomic E-state index is 0.378. The van der Waals surface area contributed by atoms with Gasteiger partial charge in [-0.25, -0.2) is 4.98 Å². The van der Waals surface area contributed by atoms with E-state index in [0.717, 1.165) is 54.4 Å². The molecule has 1 aliphatic heterocycles. The van der Waals surface area contributed by atoms with Gasteiger partial charge in [0.2, 0.25) is 5.88 Å². The van der Waals surface area contributed by atoms with Crippen LogP contribution in [0.4, 0.5) is 5.69 Å². The van der Waals surface area contributed by atoms with Crippen LogP contribution in [-0.2, 0) is 4.74 Å². The van der Waals surface area contributed by atoms with E-state index in [1.165, 1.54) is 0 Å². The highest BCUT2D eigenvalue weighted by Gasteiger charge is 2.17. The number of morpholine rings is 1. The van der Waals surface area contributed by atoms with Crippen molar-refractivity contribution in [1.82, 2.24) is 4.98 Å². The molecule has 0 bridgehead atoms. The molecule has 1 saturated heterocycles. The lowest BCUT2D eigenvalue weighted by molar-refractivity contribution is 0.122. The number of anilines is 1. The molecule has 0 aliphatic carbocycles. The Labute approximate surface area is 171 Å². The van der Waals surface area contributed by atoms with Gasteiger partial charge in [-0.15, -0.1) is 0 Å². The zero-order valence-electron chi connectivity index (χ0n) is 16.5. The van der Waals surface area contributed by atoms with Crippen molar-refractivity contribution in [2.45, 2.75) is 6.92 Å². The first-order valence-corrected chi connectivity index (χ1v) is 9.86. The van der Waals surface area contributed by atoms with Gasteiger partial charge in [-0.2, -0.15) is 5.26 Å². The predicted octanol–water partition coefficient (Wildman–Crippen LogP) is 4.52. The van der Waals surface area contributed by atoms with E-state index in [2.05, 4.69) is 40.2 Å². The second-order valence-electron chi connectivity index (χ2n) is 6.79. The van der Waals surface area contributed by atoms with E-state index >= 15 is 0 Å². The van der Waals surface area contributed by atoms with Crippen molar-refractivity contribution in [3.8, 4) is 34.3 Å². The SMILES string of the molecule is CCOc1nc(-c2ccccc2)cc(-c2ccc(N3CCOCC3)cc2)c1C#N. The smallest absolute Gasteiger partial charge is 0.232 e. The van der Waals surface area contributed by atoms with E-state index in [9.17, 15) is 5.26 Å². The summed E-state index contributed by atoms with van der Waals surface area (Å²) in [5.74, 6) is 0.378. The number of nitrogens with zero attached hydrogens (tertiary/aromatic N) is 3. The number of hydrogen-bond acceptors (Lipinski definition) is 5. The van der Waals surface area contributed by atoms with Gasteiger partial charge >= 0.3 is 0 Å². The maximum absolute atomic E-state index is 9.82. The number of benzene rings is 2. The van der Waals surface area contributed by atoms with Crippen LogP contribution in [-0.4, -0.2) is 37.9 Å². The molecule has 0 unspecified atom stereocenters. The zero-order chi connectivity index (χ0) is 20.1.